The molecule has 0 radical (unpaired) electrons. The Morgan fingerprint density at radius 3 is 2.50 bits per heavy atom. The highest BCUT2D eigenvalue weighted by atomic mass is 16.5. The van der Waals surface area contributed by atoms with E-state index in [0.29, 0.717) is 42.6 Å². The number of aliphatic hydroxyl groups is 1. The van der Waals surface area contributed by atoms with Gasteiger partial charge in [0.15, 0.2) is 0 Å². The van der Waals surface area contributed by atoms with Crippen molar-refractivity contribution >= 4 is 11.6 Å². The molecule has 0 aromatic heterocycles. The number of ketones is 2. The number of carbonyl (C=O) groups is 2. The summed E-state index contributed by atoms with van der Waals surface area (Å²) in [4.78, 5) is 25.2. The van der Waals surface area contributed by atoms with Crippen LogP contribution in [0.25, 0.3) is 0 Å². The van der Waals surface area contributed by atoms with Crippen LogP contribution in [-0.4, -0.2) is 36.0 Å². The van der Waals surface area contributed by atoms with Crippen LogP contribution in [0, 0.1) is 29.6 Å². The van der Waals surface area contributed by atoms with Crippen LogP contribution in [0.2, 0.25) is 0 Å². The van der Waals surface area contributed by atoms with Crippen LogP contribution in [0.4, 0.5) is 0 Å². The number of hydrogen-bond acceptors (Lipinski definition) is 4. The van der Waals surface area contributed by atoms with Gasteiger partial charge in [0.2, 0.25) is 0 Å². The molecule has 0 aromatic rings. The van der Waals surface area contributed by atoms with Gasteiger partial charge in [-0.25, -0.2) is 0 Å². The Labute approximate surface area is 234 Å². The molecule has 0 amide bonds. The molecule has 7 atom stereocenters. The van der Waals surface area contributed by atoms with Crippen molar-refractivity contribution in [3.05, 3.63) is 36.0 Å². The second-order valence-corrected chi connectivity index (χ2v) is 12.3. The monoisotopic (exact) mass is 530 g/mol. The highest BCUT2D eigenvalue weighted by Gasteiger charge is 2.23. The summed E-state index contributed by atoms with van der Waals surface area (Å²) in [5.74, 6) is 2.44. The molecule has 4 nitrogen and oxygen atoms in total. The molecule has 0 aromatic carbocycles. The molecule has 1 N–H and O–H groups in total. The standard InChI is InChI=1S/C34H58O4/c1-8-25(2)13-10-9-11-14-26(3)21-29(6)34(37)24-33(36)28(5)18-20-31(35)19-17-27(4)22-30-15-12-16-32(23-30)38-7/h9-11,14,18,25-27,29-30,32-33,36H,8,12-13,15-17,19-24H2,1-7H3. The van der Waals surface area contributed by atoms with E-state index in [1.54, 1.807) is 0 Å². The number of allylic oxidation sites excluding steroid dienone is 5. The summed E-state index contributed by atoms with van der Waals surface area (Å²) in [6.45, 7) is 12.6. The molecule has 0 spiro atoms. The molecule has 1 aliphatic carbocycles. The van der Waals surface area contributed by atoms with Crippen molar-refractivity contribution in [3.8, 4) is 0 Å². The van der Waals surface area contributed by atoms with Gasteiger partial charge < -0.3 is 9.84 Å². The zero-order valence-corrected chi connectivity index (χ0v) is 25.6. The number of hydrogen-bond donors (Lipinski definition) is 1. The maximum atomic E-state index is 12.7. The largest absolute Gasteiger partial charge is 0.388 e. The van der Waals surface area contributed by atoms with Gasteiger partial charge >= 0.3 is 0 Å². The number of aliphatic hydroxyl groups excluding tert-OH is 1. The molecule has 7 unspecified atom stereocenters. The third-order valence-electron chi connectivity index (χ3n) is 8.49. The fourth-order valence-corrected chi connectivity index (χ4v) is 5.41. The van der Waals surface area contributed by atoms with Crippen LogP contribution in [0.3, 0.4) is 0 Å². The molecule has 0 saturated heterocycles. The molecule has 0 aliphatic heterocycles. The van der Waals surface area contributed by atoms with E-state index < -0.39 is 6.10 Å². The molecule has 4 heteroatoms. The Bertz CT molecular complexity index is 764. The number of Topliss-reactive ketones (excluding diaryl/α,β-unsaturated/α-hetero) is 2. The topological polar surface area (TPSA) is 63.6 Å². The van der Waals surface area contributed by atoms with Gasteiger partial charge in [0, 0.05) is 32.3 Å². The number of ether oxygens (including phenoxy) is 1. The lowest BCUT2D eigenvalue weighted by atomic mass is 9.80. The fourth-order valence-electron chi connectivity index (χ4n) is 5.41. The van der Waals surface area contributed by atoms with E-state index in [9.17, 15) is 14.7 Å². The van der Waals surface area contributed by atoms with E-state index in [2.05, 4.69) is 52.0 Å². The summed E-state index contributed by atoms with van der Waals surface area (Å²) < 4.78 is 5.55. The van der Waals surface area contributed by atoms with Crippen LogP contribution in [0.5, 0.6) is 0 Å². The number of carbonyl (C=O) groups excluding carboxylic acids is 2. The summed E-state index contributed by atoms with van der Waals surface area (Å²) in [6, 6.07) is 0. The Balaban J connectivity index is 2.34. The number of methoxy groups -OCH3 is 1. The second kappa shape index (κ2) is 19.5. The van der Waals surface area contributed by atoms with Crippen LogP contribution in [-0.2, 0) is 14.3 Å². The van der Waals surface area contributed by atoms with Crippen molar-refractivity contribution in [1.82, 2.24) is 0 Å². The third-order valence-corrected chi connectivity index (χ3v) is 8.49. The van der Waals surface area contributed by atoms with Crippen molar-refractivity contribution in [2.24, 2.45) is 29.6 Å². The maximum absolute atomic E-state index is 12.7. The molecule has 1 rings (SSSR count). The Kier molecular flexibility index (Phi) is 17.7. The van der Waals surface area contributed by atoms with Crippen LogP contribution in [0.15, 0.2) is 36.0 Å². The average molecular weight is 531 g/mol. The zero-order chi connectivity index (χ0) is 28.5. The summed E-state index contributed by atoms with van der Waals surface area (Å²) in [6.07, 6.45) is 21.0. The van der Waals surface area contributed by atoms with E-state index in [1.807, 2.05) is 27.0 Å². The van der Waals surface area contributed by atoms with Gasteiger partial charge in [0.25, 0.3) is 0 Å². The van der Waals surface area contributed by atoms with Gasteiger partial charge in [-0.1, -0.05) is 84.3 Å². The molecular weight excluding hydrogens is 472 g/mol. The van der Waals surface area contributed by atoms with Crippen molar-refractivity contribution in [3.63, 3.8) is 0 Å². The lowest BCUT2D eigenvalue weighted by Gasteiger charge is -2.29. The first-order chi connectivity index (χ1) is 18.0. The summed E-state index contributed by atoms with van der Waals surface area (Å²) in [7, 11) is 1.81. The van der Waals surface area contributed by atoms with E-state index in [4.69, 9.17) is 4.74 Å². The summed E-state index contributed by atoms with van der Waals surface area (Å²) >= 11 is 0. The van der Waals surface area contributed by atoms with Crippen LogP contribution < -0.4 is 0 Å². The highest BCUT2D eigenvalue weighted by molar-refractivity contribution is 5.82. The minimum absolute atomic E-state index is 0.0800. The summed E-state index contributed by atoms with van der Waals surface area (Å²) in [5.41, 5.74) is 0.721. The van der Waals surface area contributed by atoms with Gasteiger partial charge in [0.05, 0.1) is 12.2 Å². The Morgan fingerprint density at radius 2 is 1.82 bits per heavy atom. The van der Waals surface area contributed by atoms with Crippen molar-refractivity contribution in [2.45, 2.75) is 131 Å². The molecule has 1 saturated carbocycles. The first-order valence-electron chi connectivity index (χ1n) is 15.3. The minimum atomic E-state index is -0.814. The van der Waals surface area contributed by atoms with Crippen LogP contribution in [0.1, 0.15) is 119 Å². The first-order valence-corrected chi connectivity index (χ1v) is 15.3. The molecule has 38 heavy (non-hydrogen) atoms. The van der Waals surface area contributed by atoms with E-state index in [-0.39, 0.29) is 23.9 Å². The van der Waals surface area contributed by atoms with Crippen molar-refractivity contribution in [1.29, 1.82) is 0 Å². The third kappa shape index (κ3) is 15.2. The Hall–Kier alpha value is -1.52. The van der Waals surface area contributed by atoms with Gasteiger partial charge in [-0.15, -0.1) is 0 Å². The van der Waals surface area contributed by atoms with Crippen molar-refractivity contribution in [2.75, 3.05) is 7.11 Å². The SMILES string of the molecule is CCC(C)CC=CC=CC(C)CC(C)C(=O)CC(O)C(C)=CCC(=O)CCC(C)CC1CCCC(OC)C1. The Morgan fingerprint density at radius 1 is 1.08 bits per heavy atom. The lowest BCUT2D eigenvalue weighted by Crippen LogP contribution is -2.23. The summed E-state index contributed by atoms with van der Waals surface area (Å²) in [5, 5.41) is 10.6. The van der Waals surface area contributed by atoms with E-state index in [0.717, 1.165) is 31.3 Å². The van der Waals surface area contributed by atoms with Gasteiger partial charge in [0.1, 0.15) is 11.6 Å². The smallest absolute Gasteiger partial charge is 0.138 e. The fraction of sp³-hybridized carbons (Fsp3) is 0.765. The highest BCUT2D eigenvalue weighted by Crippen LogP contribution is 2.32. The average Bonchev–Trinajstić information content (AvgIpc) is 2.89. The lowest BCUT2D eigenvalue weighted by molar-refractivity contribution is -0.124. The molecular formula is C34H58O4. The first kappa shape index (κ1) is 34.5. The van der Waals surface area contributed by atoms with E-state index in [1.165, 1.54) is 32.1 Å². The van der Waals surface area contributed by atoms with Crippen LogP contribution >= 0.6 is 0 Å². The molecule has 0 bridgehead atoms. The van der Waals surface area contributed by atoms with Crippen molar-refractivity contribution < 1.29 is 19.4 Å². The predicted molar refractivity (Wildman–Crippen MR) is 160 cm³/mol. The normalized spacial score (nSPS) is 22.9. The number of rotatable bonds is 19. The minimum Gasteiger partial charge on any atom is -0.388 e. The molecule has 1 fully saturated rings. The van der Waals surface area contributed by atoms with E-state index >= 15 is 0 Å². The zero-order valence-electron chi connectivity index (χ0n) is 25.6. The van der Waals surface area contributed by atoms with Gasteiger partial charge in [-0.2, -0.15) is 0 Å². The quantitative estimate of drug-likeness (QED) is 0.134. The van der Waals surface area contributed by atoms with Gasteiger partial charge in [-0.05, 0) is 74.7 Å². The second-order valence-electron chi connectivity index (χ2n) is 12.3. The van der Waals surface area contributed by atoms with Gasteiger partial charge in [-0.3, -0.25) is 9.59 Å². The predicted octanol–water partition coefficient (Wildman–Crippen LogP) is 8.43. The molecule has 218 valence electrons. The maximum Gasteiger partial charge on any atom is 0.138 e. The molecule has 1 aliphatic rings. The molecule has 0 heterocycles.